The van der Waals surface area contributed by atoms with Gasteiger partial charge in [-0.05, 0) is 25.4 Å². The predicted octanol–water partition coefficient (Wildman–Crippen LogP) is 3.19. The lowest BCUT2D eigenvalue weighted by molar-refractivity contribution is 0.112. The second-order valence-electron chi connectivity index (χ2n) is 3.51. The number of hydrogen-bond donors (Lipinski definition) is 0. The van der Waals surface area contributed by atoms with E-state index in [-0.39, 0.29) is 0 Å². The molecule has 1 unspecified atom stereocenters. The molecule has 0 aromatic carbocycles. The van der Waals surface area contributed by atoms with Crippen LogP contribution in [0.1, 0.15) is 23.0 Å². The Labute approximate surface area is 109 Å². The number of aldehydes is 1. The van der Waals surface area contributed by atoms with Gasteiger partial charge < -0.3 is 4.90 Å². The van der Waals surface area contributed by atoms with E-state index in [1.165, 1.54) is 11.3 Å². The van der Waals surface area contributed by atoms with Crippen molar-refractivity contribution in [2.45, 2.75) is 19.4 Å². The Balaban J connectivity index is 2.71. The van der Waals surface area contributed by atoms with Gasteiger partial charge in [0.15, 0.2) is 16.6 Å². The normalized spacial score (nSPS) is 12.5. The number of halogens is 1. The first-order chi connectivity index (χ1) is 7.60. The minimum Gasteiger partial charge on any atom is -0.348 e. The summed E-state index contributed by atoms with van der Waals surface area (Å²) in [6.45, 7) is 2.14. The van der Waals surface area contributed by atoms with Gasteiger partial charge in [-0.25, -0.2) is 4.98 Å². The monoisotopic (exact) mass is 278 g/mol. The molecule has 0 N–H and O–H groups in total. The largest absolute Gasteiger partial charge is 0.348 e. The van der Waals surface area contributed by atoms with Gasteiger partial charge >= 0.3 is 0 Å². The third-order valence-electron chi connectivity index (χ3n) is 2.41. The molecular formula is C10H15ClN2OS2. The molecule has 0 aliphatic rings. The van der Waals surface area contributed by atoms with Crippen LogP contribution in [-0.4, -0.2) is 36.4 Å². The summed E-state index contributed by atoms with van der Waals surface area (Å²) in [7, 11) is 1.98. The van der Waals surface area contributed by atoms with Crippen LogP contribution in [0.5, 0.6) is 0 Å². The van der Waals surface area contributed by atoms with Gasteiger partial charge in [-0.1, -0.05) is 22.9 Å². The van der Waals surface area contributed by atoms with Crippen LogP contribution >= 0.6 is 34.7 Å². The smallest absolute Gasteiger partial charge is 0.187 e. The molecule has 1 atom stereocenters. The molecule has 1 heterocycles. The molecule has 1 rings (SSSR count). The van der Waals surface area contributed by atoms with E-state index in [1.807, 2.05) is 18.8 Å². The van der Waals surface area contributed by atoms with Gasteiger partial charge in [0.25, 0.3) is 0 Å². The summed E-state index contributed by atoms with van der Waals surface area (Å²) >= 11 is 9.00. The van der Waals surface area contributed by atoms with Crippen molar-refractivity contribution in [1.82, 2.24) is 4.98 Å². The number of thiazole rings is 1. The molecule has 16 heavy (non-hydrogen) atoms. The van der Waals surface area contributed by atoms with E-state index in [1.54, 1.807) is 0 Å². The van der Waals surface area contributed by atoms with E-state index in [4.69, 9.17) is 11.6 Å². The molecule has 0 bridgehead atoms. The van der Waals surface area contributed by atoms with Gasteiger partial charge in [-0.2, -0.15) is 11.8 Å². The molecule has 0 amide bonds. The lowest BCUT2D eigenvalue weighted by Gasteiger charge is -2.23. The van der Waals surface area contributed by atoms with E-state index < -0.39 is 0 Å². The fourth-order valence-corrected chi connectivity index (χ4v) is 2.90. The van der Waals surface area contributed by atoms with Crippen molar-refractivity contribution in [1.29, 1.82) is 0 Å². The van der Waals surface area contributed by atoms with E-state index in [2.05, 4.69) is 23.1 Å². The van der Waals surface area contributed by atoms with Crippen molar-refractivity contribution in [3.63, 3.8) is 0 Å². The van der Waals surface area contributed by atoms with Gasteiger partial charge in [0.05, 0.1) is 0 Å². The van der Waals surface area contributed by atoms with Crippen molar-refractivity contribution in [2.24, 2.45) is 0 Å². The summed E-state index contributed by atoms with van der Waals surface area (Å²) in [5, 5.41) is 1.11. The zero-order chi connectivity index (χ0) is 12.1. The number of thioether (sulfide) groups is 1. The highest BCUT2D eigenvalue weighted by Gasteiger charge is 2.16. The highest BCUT2D eigenvalue weighted by molar-refractivity contribution is 7.98. The maximum absolute atomic E-state index is 10.7. The number of aromatic nitrogens is 1. The Kier molecular flexibility index (Phi) is 5.58. The van der Waals surface area contributed by atoms with Crippen molar-refractivity contribution >= 4 is 46.1 Å². The standard InChI is InChI=1S/C10H15ClN2OS2/c1-7(4-5-15-3)13(2)10-12-9(11)8(6-14)16-10/h6-7H,4-5H2,1-3H3. The summed E-state index contributed by atoms with van der Waals surface area (Å²) in [5.41, 5.74) is 0. The summed E-state index contributed by atoms with van der Waals surface area (Å²) in [4.78, 5) is 17.4. The Morgan fingerprint density at radius 2 is 2.38 bits per heavy atom. The fourth-order valence-electron chi connectivity index (χ4n) is 1.20. The van der Waals surface area contributed by atoms with Crippen LogP contribution in [0.4, 0.5) is 5.13 Å². The Hall–Kier alpha value is -0.260. The first kappa shape index (κ1) is 13.8. The third-order valence-corrected chi connectivity index (χ3v) is 4.52. The zero-order valence-corrected chi connectivity index (χ0v) is 12.0. The Bertz CT molecular complexity index is 357. The van der Waals surface area contributed by atoms with E-state index >= 15 is 0 Å². The van der Waals surface area contributed by atoms with E-state index in [0.717, 1.165) is 23.6 Å². The lowest BCUT2D eigenvalue weighted by Crippen LogP contribution is -2.29. The maximum Gasteiger partial charge on any atom is 0.187 e. The number of carbonyl (C=O) groups is 1. The average molecular weight is 279 g/mol. The molecule has 1 aromatic rings. The summed E-state index contributed by atoms with van der Waals surface area (Å²) in [5.74, 6) is 1.12. The highest BCUT2D eigenvalue weighted by Crippen LogP contribution is 2.29. The third kappa shape index (κ3) is 3.37. The second kappa shape index (κ2) is 6.47. The molecule has 0 aliphatic heterocycles. The van der Waals surface area contributed by atoms with E-state index in [9.17, 15) is 4.79 Å². The van der Waals surface area contributed by atoms with Gasteiger partial charge in [-0.15, -0.1) is 0 Å². The number of hydrogen-bond acceptors (Lipinski definition) is 5. The quantitative estimate of drug-likeness (QED) is 0.749. The average Bonchev–Trinajstić information content (AvgIpc) is 2.66. The van der Waals surface area contributed by atoms with Gasteiger partial charge in [0.2, 0.25) is 0 Å². The van der Waals surface area contributed by atoms with Gasteiger partial charge in [0.1, 0.15) is 4.88 Å². The van der Waals surface area contributed by atoms with E-state index in [0.29, 0.717) is 16.1 Å². The maximum atomic E-state index is 10.7. The minimum absolute atomic E-state index is 0.305. The molecule has 0 saturated heterocycles. The van der Waals surface area contributed by atoms with Crippen molar-refractivity contribution in [2.75, 3.05) is 24.0 Å². The van der Waals surface area contributed by atoms with Crippen LogP contribution in [-0.2, 0) is 0 Å². The number of anilines is 1. The van der Waals surface area contributed by atoms with Crippen LogP contribution in [0.2, 0.25) is 5.15 Å². The Morgan fingerprint density at radius 1 is 1.69 bits per heavy atom. The molecule has 0 aliphatic carbocycles. The lowest BCUT2D eigenvalue weighted by atomic mass is 10.2. The summed E-state index contributed by atoms with van der Waals surface area (Å²) in [6, 6.07) is 0.397. The van der Waals surface area contributed by atoms with Crippen LogP contribution in [0.3, 0.4) is 0 Å². The number of carbonyl (C=O) groups excluding carboxylic acids is 1. The van der Waals surface area contributed by atoms with Crippen LogP contribution in [0, 0.1) is 0 Å². The molecule has 0 spiro atoms. The molecule has 3 nitrogen and oxygen atoms in total. The van der Waals surface area contributed by atoms with Gasteiger partial charge in [0, 0.05) is 13.1 Å². The van der Waals surface area contributed by atoms with Crippen LogP contribution < -0.4 is 4.90 Å². The minimum atomic E-state index is 0.305. The second-order valence-corrected chi connectivity index (χ2v) is 5.86. The van der Waals surface area contributed by atoms with Crippen LogP contribution in [0.15, 0.2) is 0 Å². The number of rotatable bonds is 6. The predicted molar refractivity (Wildman–Crippen MR) is 73.4 cm³/mol. The molecular weight excluding hydrogens is 264 g/mol. The molecule has 1 aromatic heterocycles. The van der Waals surface area contributed by atoms with Crippen molar-refractivity contribution in [3.8, 4) is 0 Å². The van der Waals surface area contributed by atoms with Crippen LogP contribution in [0.25, 0.3) is 0 Å². The molecule has 0 fully saturated rings. The summed E-state index contributed by atoms with van der Waals surface area (Å²) in [6.07, 6.45) is 3.94. The zero-order valence-electron chi connectivity index (χ0n) is 9.57. The van der Waals surface area contributed by atoms with Crippen molar-refractivity contribution in [3.05, 3.63) is 10.0 Å². The molecule has 0 saturated carbocycles. The Morgan fingerprint density at radius 3 is 2.88 bits per heavy atom. The summed E-state index contributed by atoms with van der Waals surface area (Å²) < 4.78 is 0. The molecule has 0 radical (unpaired) electrons. The first-order valence-corrected chi connectivity index (χ1v) is 7.52. The van der Waals surface area contributed by atoms with Crippen molar-refractivity contribution < 1.29 is 4.79 Å². The molecule has 6 heteroatoms. The first-order valence-electron chi connectivity index (χ1n) is 4.93. The topological polar surface area (TPSA) is 33.2 Å². The fraction of sp³-hybridized carbons (Fsp3) is 0.600. The van der Waals surface area contributed by atoms with Gasteiger partial charge in [-0.3, -0.25) is 4.79 Å². The number of nitrogens with zero attached hydrogens (tertiary/aromatic N) is 2. The highest BCUT2D eigenvalue weighted by atomic mass is 35.5. The SMILES string of the molecule is CSCCC(C)N(C)c1nc(Cl)c(C=O)s1. The molecule has 90 valence electrons.